The predicted octanol–water partition coefficient (Wildman–Crippen LogP) is 2.35. The monoisotopic (exact) mass is 422 g/mol. The zero-order valence-electron chi connectivity index (χ0n) is 17.3. The number of amides is 2. The quantitative estimate of drug-likeness (QED) is 0.615. The fourth-order valence-electron chi connectivity index (χ4n) is 3.38. The number of likely N-dealkylation sites (tertiary alicyclic amines) is 1. The molecule has 1 heterocycles. The number of rotatable bonds is 9. The number of carbonyl (C=O) groups excluding carboxylic acids is 3. The molecule has 0 radical (unpaired) electrons. The van der Waals surface area contributed by atoms with Gasteiger partial charge in [-0.2, -0.15) is 11.8 Å². The number of thioether (sulfide) groups is 1. The summed E-state index contributed by atoms with van der Waals surface area (Å²) in [5, 5.41) is 2.88. The van der Waals surface area contributed by atoms with Gasteiger partial charge in [0, 0.05) is 13.1 Å². The molecule has 1 N–H and O–H groups in total. The molecular weight excluding hydrogens is 392 g/mol. The maximum atomic E-state index is 13.1. The molecule has 1 aromatic rings. The molecule has 29 heavy (non-hydrogen) atoms. The fraction of sp³-hybridized carbons (Fsp3) is 0.571. The minimum atomic E-state index is -0.612. The van der Waals surface area contributed by atoms with Crippen LogP contribution < -0.4 is 10.1 Å². The van der Waals surface area contributed by atoms with Crippen LogP contribution in [0.15, 0.2) is 24.3 Å². The summed E-state index contributed by atoms with van der Waals surface area (Å²) in [4.78, 5) is 39.5. The smallest absolute Gasteiger partial charge is 0.309 e. The summed E-state index contributed by atoms with van der Waals surface area (Å²) in [6, 6.07) is 6.33. The minimum Gasteiger partial charge on any atom is -0.496 e. The molecule has 1 saturated heterocycles. The van der Waals surface area contributed by atoms with Gasteiger partial charge in [0.1, 0.15) is 11.8 Å². The molecule has 1 atom stereocenters. The maximum absolute atomic E-state index is 13.1. The second-order valence-electron chi connectivity index (χ2n) is 6.86. The van der Waals surface area contributed by atoms with Gasteiger partial charge < -0.3 is 19.7 Å². The maximum Gasteiger partial charge on any atom is 0.309 e. The normalized spacial score (nSPS) is 15.5. The lowest BCUT2D eigenvalue weighted by atomic mass is 9.96. The number of nitrogens with one attached hydrogen (secondary N) is 1. The molecule has 2 amide bonds. The molecule has 0 bridgehead atoms. The Labute approximate surface area is 176 Å². The highest BCUT2D eigenvalue weighted by Gasteiger charge is 2.32. The van der Waals surface area contributed by atoms with E-state index in [-0.39, 0.29) is 23.7 Å². The van der Waals surface area contributed by atoms with Crippen LogP contribution in [-0.4, -0.2) is 67.5 Å². The Balaban J connectivity index is 2.03. The van der Waals surface area contributed by atoms with Crippen molar-refractivity contribution in [1.29, 1.82) is 0 Å². The third-order valence-corrected chi connectivity index (χ3v) is 5.64. The van der Waals surface area contributed by atoms with Crippen LogP contribution in [0.4, 0.5) is 0 Å². The number of piperidine rings is 1. The third kappa shape index (κ3) is 6.39. The van der Waals surface area contributed by atoms with Gasteiger partial charge in [-0.05, 0) is 50.3 Å². The fourth-order valence-corrected chi connectivity index (χ4v) is 3.85. The lowest BCUT2D eigenvalue weighted by Gasteiger charge is -2.33. The number of benzene rings is 1. The van der Waals surface area contributed by atoms with Gasteiger partial charge in [0.15, 0.2) is 0 Å². The molecule has 1 aliphatic heterocycles. The number of para-hydroxylation sites is 1. The summed E-state index contributed by atoms with van der Waals surface area (Å²) < 4.78 is 10.3. The predicted molar refractivity (Wildman–Crippen MR) is 113 cm³/mol. The number of nitrogens with zero attached hydrogens (tertiary/aromatic N) is 1. The first-order valence-electron chi connectivity index (χ1n) is 9.90. The number of hydrogen-bond donors (Lipinski definition) is 1. The average Bonchev–Trinajstić information content (AvgIpc) is 2.76. The molecule has 0 aliphatic carbocycles. The molecule has 1 aromatic carbocycles. The summed E-state index contributed by atoms with van der Waals surface area (Å²) >= 11 is 1.63. The number of esters is 1. The van der Waals surface area contributed by atoms with E-state index in [2.05, 4.69) is 5.32 Å². The van der Waals surface area contributed by atoms with E-state index in [0.29, 0.717) is 50.3 Å². The highest BCUT2D eigenvalue weighted by atomic mass is 32.2. The van der Waals surface area contributed by atoms with E-state index >= 15 is 0 Å². The first-order valence-corrected chi connectivity index (χ1v) is 11.3. The van der Waals surface area contributed by atoms with Crippen molar-refractivity contribution in [2.75, 3.05) is 38.8 Å². The van der Waals surface area contributed by atoms with Crippen LogP contribution in [0.3, 0.4) is 0 Å². The number of ether oxygens (including phenoxy) is 2. The summed E-state index contributed by atoms with van der Waals surface area (Å²) in [6.45, 7) is 3.13. The lowest BCUT2D eigenvalue weighted by Crippen LogP contribution is -2.51. The Morgan fingerprint density at radius 2 is 1.93 bits per heavy atom. The van der Waals surface area contributed by atoms with Crippen molar-refractivity contribution >= 4 is 29.5 Å². The SMILES string of the molecule is CCOC(=O)C1CCN(C(=O)[C@H](CCSC)NC(=O)c2ccccc2OC)CC1. The van der Waals surface area contributed by atoms with Crippen molar-refractivity contribution in [3.8, 4) is 5.75 Å². The Hall–Kier alpha value is -2.22. The van der Waals surface area contributed by atoms with E-state index in [0.717, 1.165) is 5.75 Å². The van der Waals surface area contributed by atoms with E-state index in [4.69, 9.17) is 9.47 Å². The molecule has 0 unspecified atom stereocenters. The Morgan fingerprint density at radius 1 is 1.24 bits per heavy atom. The van der Waals surface area contributed by atoms with E-state index in [1.807, 2.05) is 6.26 Å². The van der Waals surface area contributed by atoms with E-state index in [1.54, 1.807) is 47.9 Å². The first-order chi connectivity index (χ1) is 14.0. The molecule has 7 nitrogen and oxygen atoms in total. The van der Waals surface area contributed by atoms with E-state index in [1.165, 1.54) is 7.11 Å². The molecule has 8 heteroatoms. The molecule has 0 saturated carbocycles. The second-order valence-corrected chi connectivity index (χ2v) is 7.85. The van der Waals surface area contributed by atoms with Gasteiger partial charge in [0.25, 0.3) is 5.91 Å². The zero-order valence-corrected chi connectivity index (χ0v) is 18.1. The Bertz CT molecular complexity index is 704. The van der Waals surface area contributed by atoms with Gasteiger partial charge in [-0.1, -0.05) is 12.1 Å². The summed E-state index contributed by atoms with van der Waals surface area (Å²) in [7, 11) is 1.51. The standard InChI is InChI=1S/C21H30N2O5S/c1-4-28-21(26)15-9-12-23(13-10-15)20(25)17(11-14-29-3)22-19(24)16-7-5-6-8-18(16)27-2/h5-8,15,17H,4,9-14H2,1-3H3,(H,22,24)/t17-/m0/s1. The molecular formula is C21H30N2O5S. The Kier molecular flexibility index (Phi) is 9.31. The zero-order chi connectivity index (χ0) is 21.2. The van der Waals surface area contributed by atoms with Crippen LogP contribution >= 0.6 is 11.8 Å². The van der Waals surface area contributed by atoms with Gasteiger partial charge in [-0.15, -0.1) is 0 Å². The van der Waals surface area contributed by atoms with Crippen LogP contribution in [0.25, 0.3) is 0 Å². The molecule has 160 valence electrons. The molecule has 1 aliphatic rings. The summed E-state index contributed by atoms with van der Waals surface area (Å²) in [5.74, 6) is 0.432. The average molecular weight is 423 g/mol. The van der Waals surface area contributed by atoms with E-state index < -0.39 is 6.04 Å². The first kappa shape index (κ1) is 23.1. The van der Waals surface area contributed by atoms with Crippen LogP contribution in [0, 0.1) is 5.92 Å². The van der Waals surface area contributed by atoms with Crippen molar-refractivity contribution in [3.05, 3.63) is 29.8 Å². The Morgan fingerprint density at radius 3 is 2.55 bits per heavy atom. The van der Waals surface area contributed by atoms with Crippen molar-refractivity contribution < 1.29 is 23.9 Å². The van der Waals surface area contributed by atoms with Crippen LogP contribution in [-0.2, 0) is 14.3 Å². The van der Waals surface area contributed by atoms with Crippen molar-refractivity contribution in [1.82, 2.24) is 10.2 Å². The highest BCUT2D eigenvalue weighted by molar-refractivity contribution is 7.98. The molecule has 2 rings (SSSR count). The number of carbonyl (C=O) groups is 3. The van der Waals surface area contributed by atoms with Gasteiger partial charge in [0.05, 0.1) is 25.2 Å². The van der Waals surface area contributed by atoms with Crippen LogP contribution in [0.5, 0.6) is 5.75 Å². The minimum absolute atomic E-state index is 0.107. The van der Waals surface area contributed by atoms with Gasteiger partial charge >= 0.3 is 5.97 Å². The molecule has 0 spiro atoms. The third-order valence-electron chi connectivity index (χ3n) is 4.99. The van der Waals surface area contributed by atoms with Crippen molar-refractivity contribution in [2.24, 2.45) is 5.92 Å². The van der Waals surface area contributed by atoms with Crippen molar-refractivity contribution in [2.45, 2.75) is 32.2 Å². The van der Waals surface area contributed by atoms with Gasteiger partial charge in [-0.3, -0.25) is 14.4 Å². The number of methoxy groups -OCH3 is 1. The molecule has 1 fully saturated rings. The second kappa shape index (κ2) is 11.7. The lowest BCUT2D eigenvalue weighted by molar-refractivity contribution is -0.151. The summed E-state index contributed by atoms with van der Waals surface area (Å²) in [5.41, 5.74) is 0.401. The summed E-state index contributed by atoms with van der Waals surface area (Å²) in [6.07, 6.45) is 3.67. The number of hydrogen-bond acceptors (Lipinski definition) is 6. The van der Waals surface area contributed by atoms with E-state index in [9.17, 15) is 14.4 Å². The van der Waals surface area contributed by atoms with Crippen LogP contribution in [0.2, 0.25) is 0 Å². The van der Waals surface area contributed by atoms with Gasteiger partial charge in [-0.25, -0.2) is 0 Å². The van der Waals surface area contributed by atoms with Crippen molar-refractivity contribution in [3.63, 3.8) is 0 Å². The van der Waals surface area contributed by atoms with Gasteiger partial charge in [0.2, 0.25) is 5.91 Å². The highest BCUT2D eigenvalue weighted by Crippen LogP contribution is 2.21. The largest absolute Gasteiger partial charge is 0.496 e. The topological polar surface area (TPSA) is 84.9 Å². The van der Waals surface area contributed by atoms with Crippen LogP contribution in [0.1, 0.15) is 36.5 Å². The molecule has 0 aromatic heterocycles.